The molecule has 0 amide bonds. The number of ether oxygens (including phenoxy) is 8. The Kier molecular flexibility index (Phi) is 15.7. The van der Waals surface area contributed by atoms with E-state index in [-0.39, 0.29) is 62.5 Å². The third-order valence-corrected chi connectivity index (χ3v) is 11.1. The molecule has 2 aliphatic rings. The Bertz CT molecular complexity index is 1920. The molecule has 1 aromatic carbocycles. The third-order valence-electron chi connectivity index (χ3n) is 11.1. The van der Waals surface area contributed by atoms with Crippen LogP contribution in [0.15, 0.2) is 16.9 Å². The molecule has 2 aromatic heterocycles. The van der Waals surface area contributed by atoms with E-state index in [1.165, 1.54) is 30.7 Å². The monoisotopic (exact) mass is 804 g/mol. The Morgan fingerprint density at radius 3 is 2.33 bits per heavy atom. The average Bonchev–Trinajstić information content (AvgIpc) is 3.58. The van der Waals surface area contributed by atoms with Gasteiger partial charge in [-0.05, 0) is 67.7 Å². The van der Waals surface area contributed by atoms with Gasteiger partial charge in [0, 0.05) is 63.2 Å². The number of carboxylic acids is 1. The molecule has 0 saturated heterocycles. The lowest BCUT2D eigenvalue weighted by Crippen LogP contribution is -2.39. The van der Waals surface area contributed by atoms with Crippen LogP contribution in [0, 0.1) is 12.7 Å². The summed E-state index contributed by atoms with van der Waals surface area (Å²) in [5, 5.41) is 32.3. The molecule has 0 fully saturated rings. The zero-order valence-corrected chi connectivity index (χ0v) is 33.9. The topological polar surface area (TPSA) is 186 Å². The van der Waals surface area contributed by atoms with Crippen LogP contribution < -0.4 is 5.56 Å². The van der Waals surface area contributed by atoms with Crippen LogP contribution in [0.2, 0.25) is 0 Å². The van der Waals surface area contributed by atoms with Crippen LogP contribution in [-0.2, 0) is 67.9 Å². The molecule has 0 bridgehead atoms. The lowest BCUT2D eigenvalue weighted by molar-refractivity contribution is -0.239. The van der Waals surface area contributed by atoms with E-state index >= 15 is 4.39 Å². The fourth-order valence-electron chi connectivity index (χ4n) is 7.93. The lowest BCUT2D eigenvalue weighted by atomic mass is 9.77. The summed E-state index contributed by atoms with van der Waals surface area (Å²) in [6, 6.07) is 2.82. The fourth-order valence-corrected chi connectivity index (χ4v) is 7.93. The minimum atomic E-state index is -2.42. The van der Waals surface area contributed by atoms with Crippen LogP contribution in [0.5, 0.6) is 0 Å². The Morgan fingerprint density at radius 1 is 1.00 bits per heavy atom. The second-order valence-electron chi connectivity index (χ2n) is 14.5. The molecule has 3 aromatic rings. The molecule has 57 heavy (non-hydrogen) atoms. The standard InChI is InChI=1S/C41H57FN2O13/c1-8-25(18-50-4)56-35(55-20-26(19-51-5)57-34(53-7)21-52-6)22-54-13-12-24-10-11-27-23(3)31(42)15-32-37(27)36(24)28-16-44-33(38(28)43-32)14-30(29(17-45)39(44)46)41(49,9-2)40(47)48/h14-15,24-26,34-35,45,49H,8-13,16-22H2,1-7H3,(H,47,48)/t24-,25?,26?,34?,35?,41?/m1/s1. The number of rotatable bonds is 24. The number of hydrogen-bond acceptors (Lipinski definition) is 13. The van der Waals surface area contributed by atoms with Gasteiger partial charge in [0.15, 0.2) is 18.2 Å². The van der Waals surface area contributed by atoms with Gasteiger partial charge in [0.05, 0.1) is 69.2 Å². The Balaban J connectivity index is 1.43. The van der Waals surface area contributed by atoms with E-state index in [1.54, 1.807) is 28.3 Å². The summed E-state index contributed by atoms with van der Waals surface area (Å²) in [6.07, 6.45) is 0.160. The maximum Gasteiger partial charge on any atom is 0.340 e. The largest absolute Gasteiger partial charge is 0.479 e. The number of carbonyl (C=O) groups is 1. The van der Waals surface area contributed by atoms with Crippen LogP contribution >= 0.6 is 0 Å². The summed E-state index contributed by atoms with van der Waals surface area (Å²) in [7, 11) is 6.25. The summed E-state index contributed by atoms with van der Waals surface area (Å²) in [5.74, 6) is -2.01. The second-order valence-corrected chi connectivity index (χ2v) is 14.5. The van der Waals surface area contributed by atoms with Gasteiger partial charge in [-0.15, -0.1) is 0 Å². The van der Waals surface area contributed by atoms with Gasteiger partial charge < -0.3 is 57.8 Å². The van der Waals surface area contributed by atoms with Gasteiger partial charge in [0.2, 0.25) is 0 Å². The molecule has 1 aliphatic carbocycles. The van der Waals surface area contributed by atoms with E-state index in [1.807, 2.05) is 6.92 Å². The van der Waals surface area contributed by atoms with Crippen LogP contribution in [0.4, 0.5) is 4.39 Å². The SMILES string of the molecule is CCC(COC)OC(COCC[C@H]1CCc2c(C)c(F)cc3nc4c(c1c23)Cn1c-4cc(C(O)(CC)C(=O)O)c(CO)c1=O)OCC(COC)OC(COC)OC. The summed E-state index contributed by atoms with van der Waals surface area (Å²) in [4.78, 5) is 31.1. The van der Waals surface area contributed by atoms with Gasteiger partial charge in [-0.3, -0.25) is 4.79 Å². The smallest absolute Gasteiger partial charge is 0.340 e. The number of benzene rings is 1. The Morgan fingerprint density at radius 2 is 1.70 bits per heavy atom. The minimum absolute atomic E-state index is 0.0709. The molecule has 1 aliphatic heterocycles. The molecule has 0 spiro atoms. The molecule has 3 heterocycles. The predicted octanol–water partition coefficient (Wildman–Crippen LogP) is 3.92. The quantitative estimate of drug-likeness (QED) is 0.0684. The van der Waals surface area contributed by atoms with Crippen molar-refractivity contribution in [2.24, 2.45) is 0 Å². The number of fused-ring (bicyclic) bond motifs is 4. The first-order valence-corrected chi connectivity index (χ1v) is 19.4. The number of aliphatic carboxylic acids is 1. The maximum absolute atomic E-state index is 15.4. The number of carboxylic acid groups (broad SMARTS) is 1. The number of methoxy groups -OCH3 is 4. The number of pyridine rings is 2. The number of nitrogens with zero attached hydrogens (tertiary/aromatic N) is 2. The van der Waals surface area contributed by atoms with E-state index in [0.717, 1.165) is 22.1 Å². The number of aromatic nitrogens is 2. The normalized spacial score (nSPS) is 17.9. The van der Waals surface area contributed by atoms with Crippen molar-refractivity contribution in [1.29, 1.82) is 0 Å². The van der Waals surface area contributed by atoms with E-state index in [2.05, 4.69) is 0 Å². The molecule has 15 nitrogen and oxygen atoms in total. The second kappa shape index (κ2) is 20.0. The Hall–Kier alpha value is -3.42. The minimum Gasteiger partial charge on any atom is -0.479 e. The molecule has 6 atom stereocenters. The molecule has 3 N–H and O–H groups in total. The van der Waals surface area contributed by atoms with Crippen molar-refractivity contribution >= 4 is 16.9 Å². The lowest BCUT2D eigenvalue weighted by Gasteiger charge is -2.30. The van der Waals surface area contributed by atoms with Crippen molar-refractivity contribution in [2.45, 2.75) is 102 Å². The molecule has 5 rings (SSSR count). The number of aliphatic hydroxyl groups is 2. The molecular weight excluding hydrogens is 747 g/mol. The number of aryl methyl sites for hydroxylation is 1. The van der Waals surface area contributed by atoms with E-state index in [9.17, 15) is 24.9 Å². The van der Waals surface area contributed by atoms with Gasteiger partial charge in [-0.2, -0.15) is 0 Å². The summed E-state index contributed by atoms with van der Waals surface area (Å²) < 4.78 is 62.8. The first-order valence-electron chi connectivity index (χ1n) is 19.4. The Labute approximate surface area is 331 Å². The molecule has 316 valence electrons. The molecule has 5 unspecified atom stereocenters. The first kappa shape index (κ1) is 44.7. The highest BCUT2D eigenvalue weighted by Crippen LogP contribution is 2.47. The first-order chi connectivity index (χ1) is 27.4. The van der Waals surface area contributed by atoms with E-state index < -0.39 is 48.2 Å². The van der Waals surface area contributed by atoms with Gasteiger partial charge >= 0.3 is 5.97 Å². The van der Waals surface area contributed by atoms with E-state index in [0.29, 0.717) is 61.4 Å². The number of aliphatic hydroxyl groups excluding tert-OH is 1. The number of hydrogen-bond donors (Lipinski definition) is 3. The summed E-state index contributed by atoms with van der Waals surface area (Å²) in [6.45, 7) is 5.92. The zero-order valence-electron chi connectivity index (χ0n) is 33.9. The highest BCUT2D eigenvalue weighted by Gasteiger charge is 2.42. The zero-order chi connectivity index (χ0) is 41.4. The summed E-state index contributed by atoms with van der Waals surface area (Å²) in [5.41, 5.74) is 0.786. The van der Waals surface area contributed by atoms with Crippen LogP contribution in [0.1, 0.15) is 78.8 Å². The summed E-state index contributed by atoms with van der Waals surface area (Å²) >= 11 is 0. The van der Waals surface area contributed by atoms with Crippen molar-refractivity contribution < 1.29 is 62.4 Å². The van der Waals surface area contributed by atoms with E-state index in [4.69, 9.17) is 42.9 Å². The van der Waals surface area contributed by atoms with Crippen LogP contribution in [0.25, 0.3) is 22.3 Å². The van der Waals surface area contributed by atoms with Gasteiger partial charge in [-0.1, -0.05) is 13.8 Å². The van der Waals surface area contributed by atoms with Crippen molar-refractivity contribution in [1.82, 2.24) is 9.55 Å². The van der Waals surface area contributed by atoms with Crippen molar-refractivity contribution in [3.05, 3.63) is 61.7 Å². The molecule has 0 saturated carbocycles. The van der Waals surface area contributed by atoms with Gasteiger partial charge in [-0.25, -0.2) is 14.2 Å². The van der Waals surface area contributed by atoms with Gasteiger partial charge in [0.25, 0.3) is 5.56 Å². The van der Waals surface area contributed by atoms with Crippen LogP contribution in [-0.4, -0.2) is 124 Å². The third kappa shape index (κ3) is 9.41. The maximum atomic E-state index is 15.4. The predicted molar refractivity (Wildman–Crippen MR) is 206 cm³/mol. The number of halogens is 1. The highest BCUT2D eigenvalue weighted by molar-refractivity contribution is 5.93. The molecule has 0 radical (unpaired) electrons. The molecular formula is C41H57FN2O13. The van der Waals surface area contributed by atoms with Crippen molar-refractivity contribution in [2.75, 3.05) is 68.1 Å². The average molecular weight is 805 g/mol. The highest BCUT2D eigenvalue weighted by atomic mass is 19.1. The van der Waals surface area contributed by atoms with Crippen LogP contribution in [0.3, 0.4) is 0 Å². The fraction of sp³-hybridized carbons (Fsp3) is 0.634. The van der Waals surface area contributed by atoms with Crippen molar-refractivity contribution in [3.63, 3.8) is 0 Å². The van der Waals surface area contributed by atoms with Crippen molar-refractivity contribution in [3.8, 4) is 11.4 Å². The molecule has 16 heteroatoms. The van der Waals surface area contributed by atoms with Gasteiger partial charge in [0.1, 0.15) is 11.9 Å².